The minimum absolute atomic E-state index is 0.116. The number of alkyl halides is 3. The monoisotopic (exact) mass is 404 g/mol. The van der Waals surface area contributed by atoms with Crippen LogP contribution in [0.4, 0.5) is 18.9 Å². The van der Waals surface area contributed by atoms with Crippen LogP contribution < -0.4 is 4.90 Å². The van der Waals surface area contributed by atoms with Crippen molar-refractivity contribution in [2.24, 2.45) is 11.8 Å². The molecule has 2 bridgehead atoms. The van der Waals surface area contributed by atoms with Gasteiger partial charge in [-0.3, -0.25) is 9.69 Å². The molecular formula is C21H19F3N2O3. The number of fused-ring (bicyclic) bond motifs is 2. The summed E-state index contributed by atoms with van der Waals surface area (Å²) < 4.78 is 52.3. The zero-order valence-electron chi connectivity index (χ0n) is 15.7. The van der Waals surface area contributed by atoms with Gasteiger partial charge >= 0.3 is 6.18 Å². The summed E-state index contributed by atoms with van der Waals surface area (Å²) in [6, 6.07) is 4.96. The Balaban J connectivity index is 0.000000994. The first kappa shape index (κ1) is 19.8. The largest absolute Gasteiger partial charge is 0.417 e. The van der Waals surface area contributed by atoms with Gasteiger partial charge < -0.3 is 9.47 Å². The Morgan fingerprint density at radius 3 is 2.66 bits per heavy atom. The number of hydrogen-bond donors (Lipinski definition) is 0. The summed E-state index contributed by atoms with van der Waals surface area (Å²) in [5.41, 5.74) is -2.41. The lowest BCUT2D eigenvalue weighted by Gasteiger charge is -2.41. The predicted octanol–water partition coefficient (Wildman–Crippen LogP) is 3.47. The van der Waals surface area contributed by atoms with E-state index in [2.05, 4.69) is 12.8 Å². The van der Waals surface area contributed by atoms with Crippen molar-refractivity contribution in [3.05, 3.63) is 29.3 Å². The third-order valence-corrected chi connectivity index (χ3v) is 6.69. The maximum atomic E-state index is 13.4. The van der Waals surface area contributed by atoms with E-state index in [1.807, 2.05) is 6.92 Å². The Hall–Kier alpha value is -2.55. The lowest BCUT2D eigenvalue weighted by Crippen LogP contribution is -2.51. The molecule has 1 aromatic carbocycles. The van der Waals surface area contributed by atoms with Crippen molar-refractivity contribution in [2.75, 3.05) is 11.5 Å². The molecule has 4 aliphatic rings. The van der Waals surface area contributed by atoms with Crippen LogP contribution in [-0.4, -0.2) is 29.9 Å². The van der Waals surface area contributed by atoms with Crippen molar-refractivity contribution < 1.29 is 27.4 Å². The molecule has 0 N–H and O–H groups in total. The van der Waals surface area contributed by atoms with Crippen molar-refractivity contribution in [3.8, 4) is 18.9 Å². The molecule has 152 valence electrons. The molecule has 29 heavy (non-hydrogen) atoms. The molecule has 4 aliphatic heterocycles. The minimum atomic E-state index is -4.68. The quantitative estimate of drug-likeness (QED) is 0.673. The summed E-state index contributed by atoms with van der Waals surface area (Å²) in [5, 5.41) is 9.00. The fourth-order valence-corrected chi connectivity index (χ4v) is 5.60. The highest BCUT2D eigenvalue weighted by molar-refractivity contribution is 6.00. The molecule has 1 aromatic rings. The van der Waals surface area contributed by atoms with Crippen molar-refractivity contribution in [3.63, 3.8) is 0 Å². The molecule has 0 saturated carbocycles. The van der Waals surface area contributed by atoms with Gasteiger partial charge in [0, 0.05) is 18.0 Å². The molecule has 1 amide bonds. The SMILES string of the molecule is C#C.CC12CCC3(CCOC4[C@@H]3[C@@H]1C(=O)N4c1ccc(C#N)c(C(F)(F)F)c1)O2. The van der Waals surface area contributed by atoms with Crippen molar-refractivity contribution in [1.29, 1.82) is 5.26 Å². The van der Waals surface area contributed by atoms with Crippen LogP contribution in [0, 0.1) is 36.0 Å². The van der Waals surface area contributed by atoms with Crippen LogP contribution in [0.2, 0.25) is 0 Å². The van der Waals surface area contributed by atoms with Crippen molar-refractivity contribution in [1.82, 2.24) is 0 Å². The van der Waals surface area contributed by atoms with Crippen LogP contribution in [0.3, 0.4) is 0 Å². The van der Waals surface area contributed by atoms with E-state index in [0.29, 0.717) is 13.0 Å². The van der Waals surface area contributed by atoms with Crippen LogP contribution in [0.15, 0.2) is 18.2 Å². The Labute approximate surface area is 166 Å². The van der Waals surface area contributed by atoms with Gasteiger partial charge in [0.25, 0.3) is 0 Å². The van der Waals surface area contributed by atoms with Crippen LogP contribution in [0.25, 0.3) is 0 Å². The number of carbonyl (C=O) groups is 1. The number of rotatable bonds is 1. The number of amides is 1. The average Bonchev–Trinajstić information content (AvgIpc) is 3.28. The van der Waals surface area contributed by atoms with E-state index < -0.39 is 40.7 Å². The number of nitrogens with zero attached hydrogens (tertiary/aromatic N) is 2. The number of carbonyl (C=O) groups excluding carboxylic acids is 1. The molecule has 0 aromatic heterocycles. The Morgan fingerprint density at radius 2 is 2.00 bits per heavy atom. The van der Waals surface area contributed by atoms with E-state index in [1.54, 1.807) is 6.07 Å². The van der Waals surface area contributed by atoms with E-state index >= 15 is 0 Å². The molecule has 5 nitrogen and oxygen atoms in total. The van der Waals surface area contributed by atoms with E-state index in [1.165, 1.54) is 11.0 Å². The maximum Gasteiger partial charge on any atom is 0.417 e. The summed E-state index contributed by atoms with van der Waals surface area (Å²) in [4.78, 5) is 14.6. The van der Waals surface area contributed by atoms with Crippen LogP contribution in [-0.2, 0) is 20.4 Å². The Kier molecular flexibility index (Phi) is 4.24. The number of terminal acetylenes is 1. The highest BCUT2D eigenvalue weighted by Crippen LogP contribution is 2.65. The smallest absolute Gasteiger partial charge is 0.367 e. The third kappa shape index (κ3) is 2.52. The zero-order valence-corrected chi connectivity index (χ0v) is 15.7. The number of hydrogen-bond acceptors (Lipinski definition) is 4. The lowest BCUT2D eigenvalue weighted by atomic mass is 9.66. The fourth-order valence-electron chi connectivity index (χ4n) is 5.60. The van der Waals surface area contributed by atoms with E-state index in [0.717, 1.165) is 25.0 Å². The molecule has 5 rings (SSSR count). The van der Waals surface area contributed by atoms with Gasteiger partial charge in [0.05, 0.1) is 40.9 Å². The zero-order chi connectivity index (χ0) is 21.2. The second-order valence-electron chi connectivity index (χ2n) is 8.04. The highest BCUT2D eigenvalue weighted by atomic mass is 19.4. The molecule has 1 spiro atoms. The van der Waals surface area contributed by atoms with Gasteiger partial charge in [0.2, 0.25) is 5.91 Å². The van der Waals surface area contributed by atoms with Crippen LogP contribution in [0.5, 0.6) is 0 Å². The molecule has 3 unspecified atom stereocenters. The number of halogens is 3. The van der Waals surface area contributed by atoms with Crippen molar-refractivity contribution in [2.45, 2.75) is 49.8 Å². The van der Waals surface area contributed by atoms with Crippen LogP contribution in [0.1, 0.15) is 37.3 Å². The van der Waals surface area contributed by atoms with Crippen molar-refractivity contribution >= 4 is 11.6 Å². The predicted molar refractivity (Wildman–Crippen MR) is 96.3 cm³/mol. The van der Waals surface area contributed by atoms with Gasteiger partial charge in [0.15, 0.2) is 0 Å². The summed E-state index contributed by atoms with van der Waals surface area (Å²) >= 11 is 0. The molecule has 0 aliphatic carbocycles. The number of benzene rings is 1. The second-order valence-corrected chi connectivity index (χ2v) is 8.04. The maximum absolute atomic E-state index is 13.4. The van der Waals surface area contributed by atoms with Gasteiger partial charge in [-0.05, 0) is 38.0 Å². The van der Waals surface area contributed by atoms with E-state index in [4.69, 9.17) is 14.7 Å². The third-order valence-electron chi connectivity index (χ3n) is 6.69. The first-order chi connectivity index (χ1) is 13.7. The summed E-state index contributed by atoms with van der Waals surface area (Å²) in [7, 11) is 0. The lowest BCUT2D eigenvalue weighted by molar-refractivity contribution is -0.140. The standard InChI is InChI=1S/C19H17F3N2O3.C2H2/c1-17-4-5-18(27-17)6-7-26-16-14(18)13(17)15(25)24(16)11-3-2-10(9-23)12(8-11)19(20,21)22;1-2/h2-3,8,13-14,16H,4-7H2,1H3;1-2H/t13-,14+,16?,17?,18?;/m1./s1. The van der Waals surface area contributed by atoms with E-state index in [-0.39, 0.29) is 17.5 Å². The molecular weight excluding hydrogens is 385 g/mol. The van der Waals surface area contributed by atoms with Gasteiger partial charge in [-0.2, -0.15) is 18.4 Å². The topological polar surface area (TPSA) is 62.6 Å². The minimum Gasteiger partial charge on any atom is -0.367 e. The fraction of sp³-hybridized carbons (Fsp3) is 0.524. The first-order valence-electron chi connectivity index (χ1n) is 9.30. The normalized spacial score (nSPS) is 36.9. The van der Waals surface area contributed by atoms with Gasteiger partial charge in [-0.1, -0.05) is 0 Å². The molecule has 4 heterocycles. The summed E-state index contributed by atoms with van der Waals surface area (Å²) in [6.45, 7) is 2.32. The van der Waals surface area contributed by atoms with Gasteiger partial charge in [0.1, 0.15) is 6.23 Å². The molecule has 4 fully saturated rings. The molecule has 8 heteroatoms. The first-order valence-corrected chi connectivity index (χ1v) is 9.30. The highest BCUT2D eigenvalue weighted by Gasteiger charge is 2.75. The van der Waals surface area contributed by atoms with Crippen LogP contribution >= 0.6 is 0 Å². The molecule has 4 saturated heterocycles. The van der Waals surface area contributed by atoms with Gasteiger partial charge in [-0.25, -0.2) is 0 Å². The average molecular weight is 404 g/mol. The second kappa shape index (κ2) is 6.22. The van der Waals surface area contributed by atoms with E-state index in [9.17, 15) is 18.0 Å². The number of anilines is 1. The number of ether oxygens (including phenoxy) is 2. The molecule has 5 atom stereocenters. The summed E-state index contributed by atoms with van der Waals surface area (Å²) in [5.74, 6) is -0.849. The number of nitriles is 1. The summed E-state index contributed by atoms with van der Waals surface area (Å²) in [6.07, 6.45) is 4.99. The Bertz CT molecular complexity index is 933. The van der Waals surface area contributed by atoms with Gasteiger partial charge in [-0.15, -0.1) is 12.8 Å². The molecule has 0 radical (unpaired) electrons. The Morgan fingerprint density at radius 1 is 1.28 bits per heavy atom.